The molecule has 7 nitrogen and oxygen atoms in total. The lowest BCUT2D eigenvalue weighted by Crippen LogP contribution is -2.32. The van der Waals surface area contributed by atoms with Gasteiger partial charge in [0.2, 0.25) is 0 Å². The third kappa shape index (κ3) is 4.52. The standard InChI is InChI=1S/C22H20N2O5/c25-21(16-8-3-1-4-9-16)27-15-19-18(14-20(28-19)24-13-7-12-23-24)29-22(26)17-10-5-2-6-11-17/h1-13,18-20H,14-15H2/t18-,19+,20+/m0/s1. The van der Waals surface area contributed by atoms with Gasteiger partial charge in [-0.2, -0.15) is 5.10 Å². The van der Waals surface area contributed by atoms with Crippen LogP contribution in [-0.4, -0.2) is 40.5 Å². The number of carbonyl (C=O) groups excluding carboxylic acids is 2. The van der Waals surface area contributed by atoms with Crippen molar-refractivity contribution in [3.63, 3.8) is 0 Å². The Kier molecular flexibility index (Phi) is 5.67. The summed E-state index contributed by atoms with van der Waals surface area (Å²) in [6, 6.07) is 19.2. The van der Waals surface area contributed by atoms with Gasteiger partial charge in [0.1, 0.15) is 18.8 Å². The van der Waals surface area contributed by atoms with E-state index in [0.29, 0.717) is 17.5 Å². The van der Waals surface area contributed by atoms with Gasteiger partial charge in [0.25, 0.3) is 0 Å². The van der Waals surface area contributed by atoms with Crippen LogP contribution in [0.5, 0.6) is 0 Å². The average Bonchev–Trinajstić information content (AvgIpc) is 3.43. The average molecular weight is 392 g/mol. The van der Waals surface area contributed by atoms with E-state index >= 15 is 0 Å². The minimum absolute atomic E-state index is 0.0295. The fraction of sp³-hybridized carbons (Fsp3) is 0.227. The Morgan fingerprint density at radius 3 is 2.24 bits per heavy atom. The second-order valence-electron chi connectivity index (χ2n) is 6.63. The van der Waals surface area contributed by atoms with Crippen LogP contribution in [0.3, 0.4) is 0 Å². The number of hydrogen-bond acceptors (Lipinski definition) is 6. The number of rotatable bonds is 6. The predicted octanol–water partition coefficient (Wildman–Crippen LogP) is 3.25. The maximum Gasteiger partial charge on any atom is 0.338 e. The highest BCUT2D eigenvalue weighted by Crippen LogP contribution is 2.31. The Labute approximate surface area is 167 Å². The molecule has 0 radical (unpaired) electrons. The molecule has 4 rings (SSSR count). The molecule has 1 fully saturated rings. The number of ether oxygens (including phenoxy) is 3. The van der Waals surface area contributed by atoms with Crippen LogP contribution < -0.4 is 0 Å². The first-order chi connectivity index (χ1) is 14.2. The molecular weight excluding hydrogens is 372 g/mol. The Hall–Kier alpha value is -3.45. The van der Waals surface area contributed by atoms with Crippen molar-refractivity contribution in [2.24, 2.45) is 0 Å². The van der Waals surface area contributed by atoms with Crippen LogP contribution >= 0.6 is 0 Å². The van der Waals surface area contributed by atoms with Gasteiger partial charge in [0.15, 0.2) is 6.23 Å². The minimum atomic E-state index is -0.593. The van der Waals surface area contributed by atoms with E-state index in [0.717, 1.165) is 0 Å². The number of benzene rings is 2. The molecule has 3 aromatic rings. The smallest absolute Gasteiger partial charge is 0.338 e. The van der Waals surface area contributed by atoms with Crippen LogP contribution in [0, 0.1) is 0 Å². The highest BCUT2D eigenvalue weighted by molar-refractivity contribution is 5.90. The number of aromatic nitrogens is 2. The molecular formula is C22H20N2O5. The van der Waals surface area contributed by atoms with Crippen molar-refractivity contribution in [1.82, 2.24) is 9.78 Å². The van der Waals surface area contributed by atoms with Gasteiger partial charge < -0.3 is 14.2 Å². The molecule has 148 valence electrons. The zero-order valence-electron chi connectivity index (χ0n) is 15.6. The zero-order chi connectivity index (χ0) is 20.1. The van der Waals surface area contributed by atoms with Gasteiger partial charge in [-0.25, -0.2) is 14.3 Å². The molecule has 0 N–H and O–H groups in total. The SMILES string of the molecule is O=C(OC[C@H]1O[C@@H](n2cccn2)C[C@@H]1OC(=O)c1ccccc1)c1ccccc1. The Morgan fingerprint density at radius 1 is 0.966 bits per heavy atom. The third-order valence-electron chi connectivity index (χ3n) is 4.66. The highest BCUT2D eigenvalue weighted by Gasteiger charge is 2.40. The molecule has 3 atom stereocenters. The Morgan fingerprint density at radius 2 is 1.62 bits per heavy atom. The molecule has 1 aromatic heterocycles. The maximum absolute atomic E-state index is 12.5. The van der Waals surface area contributed by atoms with Crippen LogP contribution in [0.4, 0.5) is 0 Å². The van der Waals surface area contributed by atoms with Gasteiger partial charge in [-0.1, -0.05) is 36.4 Å². The summed E-state index contributed by atoms with van der Waals surface area (Å²) in [6.45, 7) is -0.0295. The second-order valence-corrected chi connectivity index (χ2v) is 6.63. The van der Waals surface area contributed by atoms with Gasteiger partial charge in [0.05, 0.1) is 11.1 Å². The summed E-state index contributed by atoms with van der Waals surface area (Å²) < 4.78 is 18.7. The molecule has 0 aliphatic carbocycles. The van der Waals surface area contributed by atoms with Crippen molar-refractivity contribution in [3.8, 4) is 0 Å². The van der Waals surface area contributed by atoms with Gasteiger partial charge >= 0.3 is 11.9 Å². The normalized spacial score (nSPS) is 20.9. The van der Waals surface area contributed by atoms with Crippen LogP contribution in [0.2, 0.25) is 0 Å². The fourth-order valence-corrected chi connectivity index (χ4v) is 3.18. The first-order valence-electron chi connectivity index (χ1n) is 9.33. The van der Waals surface area contributed by atoms with Gasteiger partial charge in [-0.3, -0.25) is 0 Å². The second kappa shape index (κ2) is 8.70. The molecule has 0 bridgehead atoms. The summed E-state index contributed by atoms with van der Waals surface area (Å²) in [7, 11) is 0. The molecule has 1 saturated heterocycles. The Balaban J connectivity index is 1.44. The summed E-state index contributed by atoms with van der Waals surface area (Å²) in [5.41, 5.74) is 0.905. The summed E-state index contributed by atoms with van der Waals surface area (Å²) in [5, 5.41) is 4.19. The van der Waals surface area contributed by atoms with Crippen LogP contribution in [0.1, 0.15) is 33.4 Å². The monoisotopic (exact) mass is 392 g/mol. The Bertz CT molecular complexity index is 944. The molecule has 0 saturated carbocycles. The van der Waals surface area contributed by atoms with Crippen molar-refractivity contribution < 1.29 is 23.8 Å². The van der Waals surface area contributed by atoms with Gasteiger partial charge in [-0.05, 0) is 30.3 Å². The topological polar surface area (TPSA) is 79.7 Å². The molecule has 7 heteroatoms. The van der Waals surface area contributed by atoms with Crippen molar-refractivity contribution in [2.75, 3.05) is 6.61 Å². The van der Waals surface area contributed by atoms with E-state index in [-0.39, 0.29) is 6.61 Å². The molecule has 2 aromatic carbocycles. The van der Waals surface area contributed by atoms with Crippen molar-refractivity contribution in [3.05, 3.63) is 90.3 Å². The van der Waals surface area contributed by atoms with Crippen LogP contribution in [0.25, 0.3) is 0 Å². The van der Waals surface area contributed by atoms with E-state index in [1.807, 2.05) is 12.1 Å². The highest BCUT2D eigenvalue weighted by atomic mass is 16.6. The minimum Gasteiger partial charge on any atom is -0.459 e. The van der Waals surface area contributed by atoms with Crippen LogP contribution in [-0.2, 0) is 14.2 Å². The maximum atomic E-state index is 12.5. The van der Waals surface area contributed by atoms with Crippen molar-refractivity contribution in [2.45, 2.75) is 24.9 Å². The molecule has 0 spiro atoms. The van der Waals surface area contributed by atoms with E-state index in [4.69, 9.17) is 14.2 Å². The summed E-state index contributed by atoms with van der Waals surface area (Å²) >= 11 is 0. The molecule has 1 aliphatic heterocycles. The predicted molar refractivity (Wildman–Crippen MR) is 103 cm³/mol. The first kappa shape index (κ1) is 18.9. The van der Waals surface area contributed by atoms with E-state index < -0.39 is 30.4 Å². The van der Waals surface area contributed by atoms with E-state index in [2.05, 4.69) is 5.10 Å². The number of hydrogen-bond donors (Lipinski definition) is 0. The summed E-state index contributed by atoms with van der Waals surface area (Å²) in [6.07, 6.45) is 2.27. The lowest BCUT2D eigenvalue weighted by molar-refractivity contribution is -0.0600. The van der Waals surface area contributed by atoms with Gasteiger partial charge in [-0.15, -0.1) is 0 Å². The summed E-state index contributed by atoms with van der Waals surface area (Å²) in [5.74, 6) is -0.899. The van der Waals surface area contributed by atoms with Gasteiger partial charge in [0, 0.05) is 18.8 Å². The summed E-state index contributed by atoms with van der Waals surface area (Å²) in [4.78, 5) is 24.7. The lowest BCUT2D eigenvalue weighted by atomic mass is 10.1. The molecule has 0 amide bonds. The molecule has 1 aliphatic rings. The van der Waals surface area contributed by atoms with E-state index in [1.165, 1.54) is 0 Å². The van der Waals surface area contributed by atoms with Crippen molar-refractivity contribution >= 4 is 11.9 Å². The quantitative estimate of drug-likeness (QED) is 0.599. The largest absolute Gasteiger partial charge is 0.459 e. The fourth-order valence-electron chi connectivity index (χ4n) is 3.18. The molecule has 2 heterocycles. The van der Waals surface area contributed by atoms with Crippen molar-refractivity contribution in [1.29, 1.82) is 0 Å². The number of carbonyl (C=O) groups is 2. The van der Waals surface area contributed by atoms with E-state index in [9.17, 15) is 9.59 Å². The van der Waals surface area contributed by atoms with E-state index in [1.54, 1.807) is 71.7 Å². The number of nitrogens with zero attached hydrogens (tertiary/aromatic N) is 2. The first-order valence-corrected chi connectivity index (χ1v) is 9.33. The number of esters is 2. The molecule has 0 unspecified atom stereocenters. The third-order valence-corrected chi connectivity index (χ3v) is 4.66. The van der Waals surface area contributed by atoms with Crippen LogP contribution in [0.15, 0.2) is 79.1 Å². The zero-order valence-corrected chi connectivity index (χ0v) is 15.6. The molecule has 29 heavy (non-hydrogen) atoms. The lowest BCUT2D eigenvalue weighted by Gasteiger charge is -2.19.